The van der Waals surface area contributed by atoms with E-state index in [0.717, 1.165) is 11.3 Å². The fourth-order valence-corrected chi connectivity index (χ4v) is 5.62. The third-order valence-electron chi connectivity index (χ3n) is 4.62. The minimum absolute atomic E-state index is 0.150. The molecule has 1 saturated heterocycles. The number of amides is 1. The Hall–Kier alpha value is -2.21. The molecular weight excluding hydrogens is 382 g/mol. The summed E-state index contributed by atoms with van der Waals surface area (Å²) < 4.78 is 27.0. The summed E-state index contributed by atoms with van der Waals surface area (Å²) >= 11 is 1.39. The highest BCUT2D eigenvalue weighted by Crippen LogP contribution is 2.30. The van der Waals surface area contributed by atoms with E-state index in [1.807, 2.05) is 6.92 Å². The molecule has 1 aliphatic rings. The van der Waals surface area contributed by atoms with Gasteiger partial charge in [-0.3, -0.25) is 4.79 Å². The van der Waals surface area contributed by atoms with E-state index in [4.69, 9.17) is 0 Å². The number of nitriles is 1. The number of piperidine rings is 1. The molecule has 1 atom stereocenters. The van der Waals surface area contributed by atoms with Crippen LogP contribution in [0.15, 0.2) is 41.3 Å². The molecule has 1 aliphatic heterocycles. The first-order chi connectivity index (χ1) is 13.0. The van der Waals surface area contributed by atoms with Crippen molar-refractivity contribution in [3.63, 3.8) is 0 Å². The van der Waals surface area contributed by atoms with Crippen molar-refractivity contribution >= 4 is 32.3 Å². The third kappa shape index (κ3) is 4.21. The molecule has 2 aromatic rings. The number of aryl methyl sites for hydroxylation is 1. The van der Waals surface area contributed by atoms with E-state index in [1.54, 1.807) is 36.4 Å². The van der Waals surface area contributed by atoms with Gasteiger partial charge in [-0.1, -0.05) is 25.1 Å². The van der Waals surface area contributed by atoms with Crippen LogP contribution < -0.4 is 5.32 Å². The summed E-state index contributed by atoms with van der Waals surface area (Å²) in [6.45, 7) is 2.55. The Labute approximate surface area is 163 Å². The lowest BCUT2D eigenvalue weighted by Crippen LogP contribution is -2.43. The molecule has 3 rings (SSSR count). The second kappa shape index (κ2) is 8.21. The topological polar surface area (TPSA) is 90.3 Å². The van der Waals surface area contributed by atoms with Crippen LogP contribution in [-0.4, -0.2) is 31.7 Å². The Morgan fingerprint density at radius 3 is 2.78 bits per heavy atom. The Balaban J connectivity index is 1.74. The van der Waals surface area contributed by atoms with Gasteiger partial charge >= 0.3 is 0 Å². The lowest BCUT2D eigenvalue weighted by molar-refractivity contribution is -0.120. The van der Waals surface area contributed by atoms with Crippen molar-refractivity contribution in [2.75, 3.05) is 18.4 Å². The van der Waals surface area contributed by atoms with Crippen LogP contribution in [0.1, 0.15) is 30.2 Å². The first kappa shape index (κ1) is 19.5. The van der Waals surface area contributed by atoms with E-state index < -0.39 is 15.9 Å². The summed E-state index contributed by atoms with van der Waals surface area (Å²) in [7, 11) is -3.61. The van der Waals surface area contributed by atoms with E-state index in [0.29, 0.717) is 30.0 Å². The molecule has 2 heterocycles. The van der Waals surface area contributed by atoms with Crippen LogP contribution in [0.2, 0.25) is 0 Å². The number of nitrogens with one attached hydrogen (secondary N) is 1. The molecule has 1 amide bonds. The molecule has 8 heteroatoms. The number of thiophene rings is 1. The average molecular weight is 404 g/mol. The Morgan fingerprint density at radius 1 is 1.37 bits per heavy atom. The maximum Gasteiger partial charge on any atom is 0.243 e. The second-order valence-electron chi connectivity index (χ2n) is 6.43. The fourth-order valence-electron chi connectivity index (χ4n) is 3.12. The van der Waals surface area contributed by atoms with Crippen LogP contribution in [0.4, 0.5) is 5.00 Å². The zero-order chi connectivity index (χ0) is 19.4. The highest BCUT2D eigenvalue weighted by molar-refractivity contribution is 7.89. The summed E-state index contributed by atoms with van der Waals surface area (Å²) in [4.78, 5) is 14.0. The number of benzene rings is 1. The summed E-state index contributed by atoms with van der Waals surface area (Å²) in [5.74, 6) is -0.667. The SMILES string of the molecule is CCc1cc(C#N)c(NC(=O)C2CCCN(S(=O)(=O)c3ccccc3)C2)s1. The Morgan fingerprint density at radius 2 is 2.11 bits per heavy atom. The summed E-state index contributed by atoms with van der Waals surface area (Å²) in [5, 5.41) is 12.6. The summed E-state index contributed by atoms with van der Waals surface area (Å²) in [6, 6.07) is 12.2. The normalized spacial score (nSPS) is 18.0. The minimum atomic E-state index is -3.61. The van der Waals surface area contributed by atoms with Crippen LogP contribution in [-0.2, 0) is 21.2 Å². The van der Waals surface area contributed by atoms with Gasteiger partial charge in [0, 0.05) is 18.0 Å². The number of carbonyl (C=O) groups excluding carboxylic acids is 1. The zero-order valence-corrected chi connectivity index (χ0v) is 16.6. The van der Waals surface area contributed by atoms with Crippen molar-refractivity contribution in [1.29, 1.82) is 5.26 Å². The molecule has 0 radical (unpaired) electrons. The van der Waals surface area contributed by atoms with Gasteiger partial charge in [-0.25, -0.2) is 8.42 Å². The number of anilines is 1. The maximum absolute atomic E-state index is 12.8. The van der Waals surface area contributed by atoms with E-state index in [2.05, 4.69) is 11.4 Å². The number of hydrogen-bond acceptors (Lipinski definition) is 5. The van der Waals surface area contributed by atoms with Gasteiger partial charge in [0.1, 0.15) is 11.1 Å². The fraction of sp³-hybridized carbons (Fsp3) is 0.368. The molecule has 0 spiro atoms. The van der Waals surface area contributed by atoms with Gasteiger partial charge in [0.15, 0.2) is 0 Å². The van der Waals surface area contributed by atoms with Crippen LogP contribution >= 0.6 is 11.3 Å². The maximum atomic E-state index is 12.8. The lowest BCUT2D eigenvalue weighted by atomic mass is 9.99. The zero-order valence-electron chi connectivity index (χ0n) is 15.0. The predicted octanol–water partition coefficient (Wildman–Crippen LogP) is 3.22. The smallest absolute Gasteiger partial charge is 0.243 e. The van der Waals surface area contributed by atoms with Crippen molar-refractivity contribution < 1.29 is 13.2 Å². The number of carbonyl (C=O) groups is 1. The van der Waals surface area contributed by atoms with Crippen LogP contribution in [0, 0.1) is 17.2 Å². The molecule has 27 heavy (non-hydrogen) atoms. The first-order valence-electron chi connectivity index (χ1n) is 8.84. The van der Waals surface area contributed by atoms with Crippen LogP contribution in [0.3, 0.4) is 0 Å². The quantitative estimate of drug-likeness (QED) is 0.830. The van der Waals surface area contributed by atoms with Gasteiger partial charge in [0.05, 0.1) is 16.4 Å². The number of hydrogen-bond donors (Lipinski definition) is 1. The van der Waals surface area contributed by atoms with Gasteiger partial charge in [-0.05, 0) is 37.5 Å². The summed E-state index contributed by atoms with van der Waals surface area (Å²) in [5.41, 5.74) is 0.453. The number of nitrogens with zero attached hydrogens (tertiary/aromatic N) is 2. The van der Waals surface area contributed by atoms with Gasteiger partial charge < -0.3 is 5.32 Å². The highest BCUT2D eigenvalue weighted by Gasteiger charge is 2.33. The van der Waals surface area contributed by atoms with Gasteiger partial charge in [-0.15, -0.1) is 11.3 Å². The van der Waals surface area contributed by atoms with Gasteiger partial charge in [0.25, 0.3) is 0 Å². The first-order valence-corrected chi connectivity index (χ1v) is 11.1. The van der Waals surface area contributed by atoms with E-state index in [9.17, 15) is 18.5 Å². The van der Waals surface area contributed by atoms with Crippen molar-refractivity contribution in [3.05, 3.63) is 46.8 Å². The van der Waals surface area contributed by atoms with Crippen molar-refractivity contribution in [2.24, 2.45) is 5.92 Å². The van der Waals surface area contributed by atoms with E-state index in [1.165, 1.54) is 15.6 Å². The van der Waals surface area contributed by atoms with Gasteiger partial charge in [0.2, 0.25) is 15.9 Å². The lowest BCUT2D eigenvalue weighted by Gasteiger charge is -2.31. The molecule has 1 aromatic carbocycles. The number of sulfonamides is 1. The second-order valence-corrected chi connectivity index (χ2v) is 9.50. The molecule has 0 saturated carbocycles. The monoisotopic (exact) mass is 403 g/mol. The third-order valence-corrected chi connectivity index (χ3v) is 7.70. The molecule has 6 nitrogen and oxygen atoms in total. The predicted molar refractivity (Wildman–Crippen MR) is 105 cm³/mol. The Bertz CT molecular complexity index is 962. The molecular formula is C19H21N3O3S2. The van der Waals surface area contributed by atoms with Crippen molar-refractivity contribution in [2.45, 2.75) is 31.1 Å². The number of rotatable bonds is 5. The molecule has 0 aliphatic carbocycles. The largest absolute Gasteiger partial charge is 0.316 e. The van der Waals surface area contributed by atoms with E-state index >= 15 is 0 Å². The van der Waals surface area contributed by atoms with Crippen molar-refractivity contribution in [1.82, 2.24) is 4.31 Å². The highest BCUT2D eigenvalue weighted by atomic mass is 32.2. The van der Waals surface area contributed by atoms with Crippen molar-refractivity contribution in [3.8, 4) is 6.07 Å². The molecule has 1 aromatic heterocycles. The molecule has 1 unspecified atom stereocenters. The summed E-state index contributed by atoms with van der Waals surface area (Å²) in [6.07, 6.45) is 2.04. The minimum Gasteiger partial charge on any atom is -0.316 e. The van der Waals surface area contributed by atoms with E-state index in [-0.39, 0.29) is 17.3 Å². The molecule has 0 bridgehead atoms. The standard InChI is InChI=1S/C19H21N3O3S2/c1-2-16-11-15(12-20)19(26-16)21-18(23)14-7-6-10-22(13-14)27(24,25)17-8-4-3-5-9-17/h3-5,8-9,11,14H,2,6-7,10,13H2,1H3,(H,21,23). The molecule has 1 N–H and O–H groups in total. The van der Waals surface area contributed by atoms with Crippen LogP contribution in [0.5, 0.6) is 0 Å². The van der Waals surface area contributed by atoms with Gasteiger partial charge in [-0.2, -0.15) is 9.57 Å². The van der Waals surface area contributed by atoms with Crippen LogP contribution in [0.25, 0.3) is 0 Å². The Kier molecular flexibility index (Phi) is 5.95. The average Bonchev–Trinajstić information content (AvgIpc) is 3.10. The molecule has 142 valence electrons. The molecule has 1 fully saturated rings.